The van der Waals surface area contributed by atoms with Crippen LogP contribution in [0.25, 0.3) is 0 Å². The van der Waals surface area contributed by atoms with Crippen LogP contribution in [0.1, 0.15) is 25.8 Å². The van der Waals surface area contributed by atoms with Crippen molar-refractivity contribution in [3.05, 3.63) is 35.6 Å². The predicted molar refractivity (Wildman–Crippen MR) is 62.5 cm³/mol. The highest BCUT2D eigenvalue weighted by atomic mass is 19.1. The summed E-state index contributed by atoms with van der Waals surface area (Å²) in [4.78, 5) is 11.7. The molecule has 0 aliphatic heterocycles. The third kappa shape index (κ3) is 4.11. The van der Waals surface area contributed by atoms with Gasteiger partial charge in [-0.15, -0.1) is 0 Å². The lowest BCUT2D eigenvalue weighted by atomic mass is 9.97. The summed E-state index contributed by atoms with van der Waals surface area (Å²) in [7, 11) is 0. The van der Waals surface area contributed by atoms with Gasteiger partial charge in [0.2, 0.25) is 0 Å². The number of hydrogen-bond acceptors (Lipinski definition) is 2. The molecule has 0 fully saturated rings. The van der Waals surface area contributed by atoms with Crippen molar-refractivity contribution in [2.45, 2.75) is 32.7 Å². The Balaban J connectivity index is 2.57. The molecular weight excluding hydrogens is 205 g/mol. The fourth-order valence-electron chi connectivity index (χ4n) is 1.62. The van der Waals surface area contributed by atoms with Crippen LogP contribution >= 0.6 is 0 Å². The first-order valence-corrected chi connectivity index (χ1v) is 5.51. The van der Waals surface area contributed by atoms with Crippen LogP contribution in [-0.4, -0.2) is 11.8 Å². The normalized spacial score (nSPS) is 12.8. The van der Waals surface area contributed by atoms with Gasteiger partial charge in [-0.1, -0.05) is 26.0 Å². The molecular formula is C13H18FNO. The second-order valence-electron chi connectivity index (χ2n) is 4.51. The van der Waals surface area contributed by atoms with Crippen LogP contribution in [0.5, 0.6) is 0 Å². The predicted octanol–water partition coefficient (Wildman–Crippen LogP) is 2.31. The zero-order valence-corrected chi connectivity index (χ0v) is 9.74. The summed E-state index contributed by atoms with van der Waals surface area (Å²) in [6, 6.07) is 5.64. The average molecular weight is 223 g/mol. The van der Waals surface area contributed by atoms with E-state index in [0.29, 0.717) is 17.9 Å². The van der Waals surface area contributed by atoms with Crippen molar-refractivity contribution >= 4 is 5.78 Å². The van der Waals surface area contributed by atoms with Crippen LogP contribution in [0.3, 0.4) is 0 Å². The van der Waals surface area contributed by atoms with Crippen LogP contribution < -0.4 is 5.73 Å². The van der Waals surface area contributed by atoms with Gasteiger partial charge in [-0.05, 0) is 30.0 Å². The fourth-order valence-corrected chi connectivity index (χ4v) is 1.62. The highest BCUT2D eigenvalue weighted by Gasteiger charge is 2.15. The number of ketones is 1. The van der Waals surface area contributed by atoms with E-state index in [2.05, 4.69) is 0 Å². The standard InChI is InChI=1S/C13H18FNO/c1-9(2)6-12(15)13(16)8-10-4-3-5-11(14)7-10/h3-5,7,9,12H,6,8,15H2,1-2H3. The molecule has 0 aliphatic rings. The molecule has 1 rings (SSSR count). The Morgan fingerprint density at radius 2 is 2.12 bits per heavy atom. The van der Waals surface area contributed by atoms with Gasteiger partial charge in [0.15, 0.2) is 5.78 Å². The molecule has 1 aromatic carbocycles. The lowest BCUT2D eigenvalue weighted by molar-refractivity contribution is -0.120. The Morgan fingerprint density at radius 1 is 1.44 bits per heavy atom. The molecule has 2 nitrogen and oxygen atoms in total. The zero-order valence-electron chi connectivity index (χ0n) is 9.74. The number of rotatable bonds is 5. The van der Waals surface area contributed by atoms with Crippen molar-refractivity contribution in [3.8, 4) is 0 Å². The van der Waals surface area contributed by atoms with Crippen molar-refractivity contribution in [2.24, 2.45) is 11.7 Å². The second-order valence-corrected chi connectivity index (χ2v) is 4.51. The topological polar surface area (TPSA) is 43.1 Å². The van der Waals surface area contributed by atoms with Crippen molar-refractivity contribution in [1.82, 2.24) is 0 Å². The lowest BCUT2D eigenvalue weighted by Crippen LogP contribution is -2.33. The minimum Gasteiger partial charge on any atom is -0.321 e. The highest BCUT2D eigenvalue weighted by molar-refractivity contribution is 5.85. The molecule has 1 atom stereocenters. The van der Waals surface area contributed by atoms with E-state index in [-0.39, 0.29) is 18.0 Å². The van der Waals surface area contributed by atoms with Crippen LogP contribution in [-0.2, 0) is 11.2 Å². The molecule has 3 heteroatoms. The number of hydrogen-bond donors (Lipinski definition) is 1. The molecule has 88 valence electrons. The number of benzene rings is 1. The molecule has 0 spiro atoms. The Hall–Kier alpha value is -1.22. The summed E-state index contributed by atoms with van der Waals surface area (Å²) in [6.45, 7) is 4.05. The van der Waals surface area contributed by atoms with Crippen LogP contribution in [0, 0.1) is 11.7 Å². The minimum absolute atomic E-state index is 0.0284. The summed E-state index contributed by atoms with van der Waals surface area (Å²) in [6.07, 6.45) is 0.889. The van der Waals surface area contributed by atoms with Crippen molar-refractivity contribution in [2.75, 3.05) is 0 Å². The van der Waals surface area contributed by atoms with Gasteiger partial charge < -0.3 is 5.73 Å². The molecule has 0 aliphatic carbocycles. The highest BCUT2D eigenvalue weighted by Crippen LogP contribution is 2.09. The first kappa shape index (κ1) is 12.8. The Labute approximate surface area is 95.7 Å². The van der Waals surface area contributed by atoms with Gasteiger partial charge in [-0.3, -0.25) is 4.79 Å². The van der Waals surface area contributed by atoms with Gasteiger partial charge >= 0.3 is 0 Å². The molecule has 0 saturated heterocycles. The molecule has 2 N–H and O–H groups in total. The van der Waals surface area contributed by atoms with E-state index in [1.807, 2.05) is 13.8 Å². The van der Waals surface area contributed by atoms with Gasteiger partial charge in [-0.2, -0.15) is 0 Å². The van der Waals surface area contributed by atoms with Crippen LogP contribution in [0.2, 0.25) is 0 Å². The monoisotopic (exact) mass is 223 g/mol. The van der Waals surface area contributed by atoms with E-state index in [9.17, 15) is 9.18 Å². The summed E-state index contributed by atoms with van der Waals surface area (Å²) in [5, 5.41) is 0. The maximum absolute atomic E-state index is 12.9. The Kier molecular flexibility index (Phi) is 4.62. The molecule has 0 bridgehead atoms. The molecule has 0 heterocycles. The molecule has 0 aromatic heterocycles. The van der Waals surface area contributed by atoms with E-state index >= 15 is 0 Å². The number of nitrogens with two attached hydrogens (primary N) is 1. The van der Waals surface area contributed by atoms with Crippen molar-refractivity contribution in [1.29, 1.82) is 0 Å². The van der Waals surface area contributed by atoms with Gasteiger partial charge in [0, 0.05) is 6.42 Å². The number of Topliss-reactive ketones (excluding diaryl/α,β-unsaturated/α-hetero) is 1. The lowest BCUT2D eigenvalue weighted by Gasteiger charge is -2.12. The largest absolute Gasteiger partial charge is 0.321 e. The number of carbonyl (C=O) groups excluding carboxylic acids is 1. The summed E-state index contributed by atoms with van der Waals surface area (Å²) in [5.41, 5.74) is 6.45. The van der Waals surface area contributed by atoms with Gasteiger partial charge in [0.1, 0.15) is 5.82 Å². The average Bonchev–Trinajstić information content (AvgIpc) is 2.16. The maximum Gasteiger partial charge on any atom is 0.153 e. The number of halogens is 1. The Bertz CT molecular complexity index is 363. The van der Waals surface area contributed by atoms with E-state index in [0.717, 1.165) is 0 Å². The van der Waals surface area contributed by atoms with E-state index < -0.39 is 6.04 Å². The quantitative estimate of drug-likeness (QED) is 0.832. The molecule has 1 unspecified atom stereocenters. The summed E-state index contributed by atoms with van der Waals surface area (Å²) in [5.74, 6) is 0.0495. The van der Waals surface area contributed by atoms with Crippen LogP contribution in [0.4, 0.5) is 4.39 Å². The van der Waals surface area contributed by atoms with Crippen molar-refractivity contribution in [3.63, 3.8) is 0 Å². The SMILES string of the molecule is CC(C)CC(N)C(=O)Cc1cccc(F)c1. The zero-order chi connectivity index (χ0) is 12.1. The third-order valence-corrected chi connectivity index (χ3v) is 2.41. The van der Waals surface area contributed by atoms with Gasteiger partial charge in [0.05, 0.1) is 6.04 Å². The third-order valence-electron chi connectivity index (χ3n) is 2.41. The molecule has 16 heavy (non-hydrogen) atoms. The first-order valence-electron chi connectivity index (χ1n) is 5.51. The molecule has 0 amide bonds. The summed E-state index contributed by atoms with van der Waals surface area (Å²) < 4.78 is 12.9. The van der Waals surface area contributed by atoms with E-state index in [4.69, 9.17) is 5.73 Å². The maximum atomic E-state index is 12.9. The summed E-state index contributed by atoms with van der Waals surface area (Å²) >= 11 is 0. The van der Waals surface area contributed by atoms with Crippen LogP contribution in [0.15, 0.2) is 24.3 Å². The minimum atomic E-state index is -0.441. The van der Waals surface area contributed by atoms with E-state index in [1.165, 1.54) is 12.1 Å². The van der Waals surface area contributed by atoms with Gasteiger partial charge in [-0.25, -0.2) is 4.39 Å². The smallest absolute Gasteiger partial charge is 0.153 e. The Morgan fingerprint density at radius 3 is 2.69 bits per heavy atom. The fraction of sp³-hybridized carbons (Fsp3) is 0.462. The first-order chi connectivity index (χ1) is 7.49. The van der Waals surface area contributed by atoms with E-state index in [1.54, 1.807) is 12.1 Å². The van der Waals surface area contributed by atoms with Gasteiger partial charge in [0.25, 0.3) is 0 Å². The van der Waals surface area contributed by atoms with Crippen molar-refractivity contribution < 1.29 is 9.18 Å². The molecule has 1 aromatic rings. The number of carbonyl (C=O) groups is 1. The molecule has 0 radical (unpaired) electrons. The molecule has 0 saturated carbocycles. The second kappa shape index (κ2) is 5.75.